The maximum absolute atomic E-state index is 6.23. The number of aryl methyl sites for hydroxylation is 2. The number of nitrogens with zero attached hydrogens (tertiary/aromatic N) is 2. The molecule has 2 N–H and O–H groups in total. The van der Waals surface area contributed by atoms with Gasteiger partial charge in [0, 0.05) is 17.0 Å². The Labute approximate surface area is 116 Å². The van der Waals surface area contributed by atoms with Crippen LogP contribution in [0.5, 0.6) is 0 Å². The topological polar surface area (TPSA) is 43.8 Å². The number of halogens is 1. The molecule has 1 aromatic heterocycles. The van der Waals surface area contributed by atoms with Gasteiger partial charge in [-0.25, -0.2) is 0 Å². The van der Waals surface area contributed by atoms with Gasteiger partial charge in [-0.1, -0.05) is 29.4 Å². The summed E-state index contributed by atoms with van der Waals surface area (Å²) in [6.45, 7) is 2.61. The SMILES string of the molecule is Cc1cc(Sc2ccc(CCN)c(Cl)c2)n(C)n1. The molecule has 5 heteroatoms. The van der Waals surface area contributed by atoms with Crippen LogP contribution in [0.1, 0.15) is 11.3 Å². The summed E-state index contributed by atoms with van der Waals surface area (Å²) in [5, 5.41) is 6.21. The van der Waals surface area contributed by atoms with Crippen molar-refractivity contribution in [2.24, 2.45) is 12.8 Å². The number of aromatic nitrogens is 2. The van der Waals surface area contributed by atoms with Crippen molar-refractivity contribution in [1.82, 2.24) is 9.78 Å². The standard InChI is InChI=1S/C13H16ClN3S/c1-9-7-13(17(2)16-9)18-11-4-3-10(5-6-15)12(14)8-11/h3-4,7-8H,5-6,15H2,1-2H3. The van der Waals surface area contributed by atoms with Crippen LogP contribution >= 0.6 is 23.4 Å². The largest absolute Gasteiger partial charge is 0.330 e. The van der Waals surface area contributed by atoms with Gasteiger partial charge in [0.1, 0.15) is 0 Å². The molecule has 0 bridgehead atoms. The molecule has 96 valence electrons. The van der Waals surface area contributed by atoms with Crippen LogP contribution in [0.4, 0.5) is 0 Å². The van der Waals surface area contributed by atoms with E-state index >= 15 is 0 Å². The molecule has 0 atom stereocenters. The van der Waals surface area contributed by atoms with E-state index in [1.807, 2.05) is 30.8 Å². The van der Waals surface area contributed by atoms with E-state index in [2.05, 4.69) is 17.2 Å². The highest BCUT2D eigenvalue weighted by atomic mass is 35.5. The summed E-state index contributed by atoms with van der Waals surface area (Å²) in [6.07, 6.45) is 0.814. The average molecular weight is 282 g/mol. The van der Waals surface area contributed by atoms with Crippen LogP contribution in [0.3, 0.4) is 0 Å². The lowest BCUT2D eigenvalue weighted by molar-refractivity contribution is 0.692. The Morgan fingerprint density at radius 1 is 1.39 bits per heavy atom. The van der Waals surface area contributed by atoms with Crippen molar-refractivity contribution in [3.63, 3.8) is 0 Å². The Kier molecular flexibility index (Phi) is 4.32. The highest BCUT2D eigenvalue weighted by Gasteiger charge is 2.06. The minimum Gasteiger partial charge on any atom is -0.330 e. The van der Waals surface area contributed by atoms with Gasteiger partial charge in [0.05, 0.1) is 10.7 Å². The predicted octanol–water partition coefficient (Wildman–Crippen LogP) is 3.03. The Morgan fingerprint density at radius 3 is 2.72 bits per heavy atom. The summed E-state index contributed by atoms with van der Waals surface area (Å²) in [7, 11) is 1.94. The number of hydrogen-bond donors (Lipinski definition) is 1. The zero-order chi connectivity index (χ0) is 13.1. The van der Waals surface area contributed by atoms with Gasteiger partial charge >= 0.3 is 0 Å². The van der Waals surface area contributed by atoms with E-state index < -0.39 is 0 Å². The highest BCUT2D eigenvalue weighted by molar-refractivity contribution is 7.99. The summed E-state index contributed by atoms with van der Waals surface area (Å²) in [5.74, 6) is 0. The molecule has 0 spiro atoms. The van der Waals surface area contributed by atoms with Gasteiger partial charge in [-0.2, -0.15) is 5.10 Å². The second-order valence-corrected chi connectivity index (χ2v) is 5.64. The number of hydrogen-bond acceptors (Lipinski definition) is 3. The van der Waals surface area contributed by atoms with E-state index in [4.69, 9.17) is 17.3 Å². The van der Waals surface area contributed by atoms with E-state index in [0.29, 0.717) is 6.54 Å². The van der Waals surface area contributed by atoms with Crippen molar-refractivity contribution in [2.75, 3.05) is 6.54 Å². The summed E-state index contributed by atoms with van der Waals surface area (Å²) in [4.78, 5) is 1.11. The molecule has 0 saturated heterocycles. The fourth-order valence-electron chi connectivity index (χ4n) is 1.75. The van der Waals surface area contributed by atoms with Gasteiger partial charge in [-0.15, -0.1) is 0 Å². The monoisotopic (exact) mass is 281 g/mol. The van der Waals surface area contributed by atoms with E-state index in [1.54, 1.807) is 11.8 Å². The molecule has 1 heterocycles. The first-order valence-corrected chi connectivity index (χ1v) is 6.96. The molecule has 0 saturated carbocycles. The van der Waals surface area contributed by atoms with E-state index in [1.165, 1.54) is 0 Å². The zero-order valence-electron chi connectivity index (χ0n) is 10.5. The molecular weight excluding hydrogens is 266 g/mol. The molecule has 2 aromatic rings. The molecule has 0 amide bonds. The minimum atomic E-state index is 0.618. The second kappa shape index (κ2) is 5.78. The molecule has 2 rings (SSSR count). The molecule has 0 radical (unpaired) electrons. The van der Waals surface area contributed by atoms with Gasteiger partial charge in [0.2, 0.25) is 0 Å². The number of nitrogens with two attached hydrogens (primary N) is 1. The van der Waals surface area contributed by atoms with Crippen LogP contribution in [-0.2, 0) is 13.5 Å². The van der Waals surface area contributed by atoms with Crippen LogP contribution in [0.2, 0.25) is 5.02 Å². The molecule has 0 fully saturated rings. The predicted molar refractivity (Wildman–Crippen MR) is 76.3 cm³/mol. The summed E-state index contributed by atoms with van der Waals surface area (Å²) in [5.41, 5.74) is 7.66. The summed E-state index contributed by atoms with van der Waals surface area (Å²) in [6, 6.07) is 8.16. The molecular formula is C13H16ClN3S. The van der Waals surface area contributed by atoms with Crippen molar-refractivity contribution in [1.29, 1.82) is 0 Å². The smallest absolute Gasteiger partial charge is 0.0986 e. The third-order valence-corrected chi connectivity index (χ3v) is 4.05. The molecule has 1 aromatic carbocycles. The van der Waals surface area contributed by atoms with Crippen molar-refractivity contribution < 1.29 is 0 Å². The van der Waals surface area contributed by atoms with Crippen LogP contribution < -0.4 is 5.73 Å². The first-order valence-electron chi connectivity index (χ1n) is 5.77. The van der Waals surface area contributed by atoms with E-state index in [0.717, 1.165) is 32.6 Å². The van der Waals surface area contributed by atoms with Crippen molar-refractivity contribution in [3.05, 3.63) is 40.5 Å². The van der Waals surface area contributed by atoms with Gasteiger partial charge in [0.15, 0.2) is 0 Å². The number of benzene rings is 1. The van der Waals surface area contributed by atoms with Gasteiger partial charge in [0.25, 0.3) is 0 Å². The van der Waals surface area contributed by atoms with Crippen LogP contribution in [0.25, 0.3) is 0 Å². The normalized spacial score (nSPS) is 10.9. The maximum Gasteiger partial charge on any atom is 0.0986 e. The fraction of sp³-hybridized carbons (Fsp3) is 0.308. The van der Waals surface area contributed by atoms with Crippen molar-refractivity contribution in [3.8, 4) is 0 Å². The van der Waals surface area contributed by atoms with E-state index in [9.17, 15) is 0 Å². The molecule has 0 aliphatic carbocycles. The average Bonchev–Trinajstić information content (AvgIpc) is 2.61. The minimum absolute atomic E-state index is 0.618. The first-order chi connectivity index (χ1) is 8.60. The van der Waals surface area contributed by atoms with Crippen LogP contribution in [0, 0.1) is 6.92 Å². The highest BCUT2D eigenvalue weighted by Crippen LogP contribution is 2.31. The molecule has 3 nitrogen and oxygen atoms in total. The lowest BCUT2D eigenvalue weighted by Crippen LogP contribution is -2.03. The molecule has 18 heavy (non-hydrogen) atoms. The van der Waals surface area contributed by atoms with E-state index in [-0.39, 0.29) is 0 Å². The molecule has 0 aliphatic heterocycles. The maximum atomic E-state index is 6.23. The summed E-state index contributed by atoms with van der Waals surface area (Å²) >= 11 is 7.89. The summed E-state index contributed by atoms with van der Waals surface area (Å²) < 4.78 is 1.88. The fourth-order valence-corrected chi connectivity index (χ4v) is 3.05. The zero-order valence-corrected chi connectivity index (χ0v) is 12.1. The van der Waals surface area contributed by atoms with Crippen LogP contribution in [0.15, 0.2) is 34.2 Å². The van der Waals surface area contributed by atoms with Gasteiger partial charge in [-0.3, -0.25) is 4.68 Å². The molecule has 0 unspecified atom stereocenters. The Balaban J connectivity index is 2.20. The number of rotatable bonds is 4. The lowest BCUT2D eigenvalue weighted by atomic mass is 10.1. The first kappa shape index (κ1) is 13.5. The second-order valence-electron chi connectivity index (χ2n) is 4.14. The van der Waals surface area contributed by atoms with Crippen molar-refractivity contribution >= 4 is 23.4 Å². The van der Waals surface area contributed by atoms with Gasteiger partial charge in [-0.05, 0) is 43.7 Å². The van der Waals surface area contributed by atoms with Crippen LogP contribution in [-0.4, -0.2) is 16.3 Å². The third-order valence-electron chi connectivity index (χ3n) is 2.62. The van der Waals surface area contributed by atoms with Crippen molar-refractivity contribution in [2.45, 2.75) is 23.3 Å². The quantitative estimate of drug-likeness (QED) is 0.937. The Bertz CT molecular complexity index is 551. The van der Waals surface area contributed by atoms with Gasteiger partial charge < -0.3 is 5.73 Å². The Hall–Kier alpha value is -0.970. The lowest BCUT2D eigenvalue weighted by Gasteiger charge is -2.06. The third kappa shape index (κ3) is 3.07. The Morgan fingerprint density at radius 2 is 2.17 bits per heavy atom. The molecule has 0 aliphatic rings.